The van der Waals surface area contributed by atoms with Crippen molar-refractivity contribution in [3.05, 3.63) is 24.6 Å². The van der Waals surface area contributed by atoms with E-state index in [0.717, 1.165) is 13.0 Å². The van der Waals surface area contributed by atoms with Gasteiger partial charge in [0.25, 0.3) is 0 Å². The molecule has 3 heteroatoms. The molecule has 0 aliphatic carbocycles. The van der Waals surface area contributed by atoms with Crippen LogP contribution in [0.4, 0.5) is 0 Å². The molecule has 0 radical (unpaired) electrons. The molecule has 152 valence electrons. The Morgan fingerprint density at radius 1 is 0.923 bits per heavy atom. The van der Waals surface area contributed by atoms with Crippen LogP contribution >= 0.6 is 0 Å². The topological polar surface area (TPSA) is 32.3 Å². The van der Waals surface area contributed by atoms with Crippen molar-refractivity contribution in [2.45, 2.75) is 117 Å². The van der Waals surface area contributed by atoms with Crippen LogP contribution in [-0.4, -0.2) is 28.5 Å². The first-order valence-electron chi connectivity index (χ1n) is 11.3. The van der Waals surface area contributed by atoms with E-state index in [-0.39, 0.29) is 6.23 Å². The molecule has 1 aliphatic heterocycles. The van der Waals surface area contributed by atoms with Gasteiger partial charge in [-0.05, 0) is 32.6 Å². The van der Waals surface area contributed by atoms with Crippen molar-refractivity contribution in [2.24, 2.45) is 0 Å². The number of unbranched alkanes of at least 4 members (excludes halogenated alkanes) is 10. The highest BCUT2D eigenvalue weighted by molar-refractivity contribution is 4.84. The summed E-state index contributed by atoms with van der Waals surface area (Å²) in [6.07, 6.45) is 26.1. The molecule has 0 spiro atoms. The summed E-state index contributed by atoms with van der Waals surface area (Å²) >= 11 is 0. The Bertz CT molecular complexity index is 392. The monoisotopic (exact) mass is 365 g/mol. The molecule has 26 heavy (non-hydrogen) atoms. The molecule has 1 rings (SSSR count). The second-order valence-corrected chi connectivity index (χ2v) is 7.96. The Hall–Kier alpha value is -0.800. The zero-order chi connectivity index (χ0) is 19.1. The summed E-state index contributed by atoms with van der Waals surface area (Å²) in [5.74, 6) is 0. The van der Waals surface area contributed by atoms with Crippen molar-refractivity contribution in [1.82, 2.24) is 5.32 Å². The third kappa shape index (κ3) is 8.26. The Kier molecular flexibility index (Phi) is 12.8. The van der Waals surface area contributed by atoms with Crippen molar-refractivity contribution in [1.29, 1.82) is 0 Å². The first-order chi connectivity index (χ1) is 12.7. The quantitative estimate of drug-likeness (QED) is 0.194. The van der Waals surface area contributed by atoms with E-state index in [1.54, 1.807) is 0 Å². The predicted octanol–water partition coefficient (Wildman–Crippen LogP) is 6.21. The van der Waals surface area contributed by atoms with E-state index in [0.29, 0.717) is 10.6 Å². The van der Waals surface area contributed by atoms with Crippen LogP contribution in [-0.2, 0) is 0 Å². The molecule has 1 aliphatic rings. The van der Waals surface area contributed by atoms with Gasteiger partial charge in [-0.3, -0.25) is 4.48 Å². The molecule has 0 aromatic rings. The highest BCUT2D eigenvalue weighted by atomic mass is 16.3. The summed E-state index contributed by atoms with van der Waals surface area (Å²) in [6.45, 7) is 7.26. The molecule has 3 atom stereocenters. The molecular weight excluding hydrogens is 320 g/mol. The molecule has 3 nitrogen and oxygen atoms in total. The Morgan fingerprint density at radius 3 is 2.08 bits per heavy atom. The number of quaternary nitrogens is 1. The number of hydrogen-bond donors (Lipinski definition) is 2. The summed E-state index contributed by atoms with van der Waals surface area (Å²) in [7, 11) is 0. The highest BCUT2D eigenvalue weighted by Crippen LogP contribution is 2.25. The summed E-state index contributed by atoms with van der Waals surface area (Å²) < 4.78 is 0.674. The summed E-state index contributed by atoms with van der Waals surface area (Å²) in [5.41, 5.74) is 0. The van der Waals surface area contributed by atoms with Gasteiger partial charge in [0, 0.05) is 13.3 Å². The van der Waals surface area contributed by atoms with E-state index in [1.807, 2.05) is 13.1 Å². The van der Waals surface area contributed by atoms with Gasteiger partial charge in [-0.25, -0.2) is 0 Å². The van der Waals surface area contributed by atoms with E-state index >= 15 is 0 Å². The van der Waals surface area contributed by atoms with Crippen LogP contribution in [0.1, 0.15) is 104 Å². The van der Waals surface area contributed by atoms with Crippen LogP contribution in [0.25, 0.3) is 0 Å². The summed E-state index contributed by atoms with van der Waals surface area (Å²) in [4.78, 5) is 0. The van der Waals surface area contributed by atoms with Gasteiger partial charge in [-0.2, -0.15) is 0 Å². The van der Waals surface area contributed by atoms with Crippen molar-refractivity contribution >= 4 is 0 Å². The second-order valence-electron chi connectivity index (χ2n) is 7.96. The standard InChI is InChI=1S/C23H45N2O/c1-4-6-7-8-9-10-11-12-13-14-15-16-17-18-19-23-24-20-21-25(23,5-2)22(3)26/h7-8,20-24,26H,4-6,9-19H2,1-3H3/q+1/b8-7+. The molecule has 3 unspecified atom stereocenters. The SMILES string of the molecule is CCC/C=C/CCCCCCCCCCCC1NC=C[N+]1(CC)C(C)O. The van der Waals surface area contributed by atoms with Gasteiger partial charge in [-0.1, -0.05) is 70.4 Å². The molecule has 0 aromatic heterocycles. The second kappa shape index (κ2) is 14.3. The van der Waals surface area contributed by atoms with E-state index in [2.05, 4.69) is 37.5 Å². The summed E-state index contributed by atoms with van der Waals surface area (Å²) in [6, 6.07) is 0. The van der Waals surface area contributed by atoms with E-state index < -0.39 is 0 Å². The molecule has 0 saturated heterocycles. The fourth-order valence-corrected chi connectivity index (χ4v) is 4.07. The van der Waals surface area contributed by atoms with Gasteiger partial charge in [0.15, 0.2) is 12.4 Å². The average molecular weight is 366 g/mol. The lowest BCUT2D eigenvalue weighted by Gasteiger charge is -2.39. The lowest BCUT2D eigenvalue weighted by Crippen LogP contribution is -2.57. The molecule has 2 N–H and O–H groups in total. The summed E-state index contributed by atoms with van der Waals surface area (Å²) in [5, 5.41) is 13.6. The smallest absolute Gasteiger partial charge is 0.193 e. The maximum atomic E-state index is 10.2. The van der Waals surface area contributed by atoms with E-state index in [9.17, 15) is 5.11 Å². The van der Waals surface area contributed by atoms with Crippen LogP contribution in [0.5, 0.6) is 0 Å². The fourth-order valence-electron chi connectivity index (χ4n) is 4.07. The van der Waals surface area contributed by atoms with Crippen molar-refractivity contribution in [3.8, 4) is 0 Å². The van der Waals surface area contributed by atoms with Crippen LogP contribution < -0.4 is 5.32 Å². The molecule has 0 bridgehead atoms. The van der Waals surface area contributed by atoms with Crippen LogP contribution in [0.15, 0.2) is 24.6 Å². The zero-order valence-electron chi connectivity index (χ0n) is 17.8. The Labute approximate surface area is 163 Å². The number of aliphatic hydroxyl groups is 1. The molecule has 0 saturated carbocycles. The average Bonchev–Trinajstić information content (AvgIpc) is 3.06. The molecule has 1 heterocycles. The maximum absolute atomic E-state index is 10.2. The molecule has 0 amide bonds. The van der Waals surface area contributed by atoms with Crippen molar-refractivity contribution in [3.63, 3.8) is 0 Å². The minimum atomic E-state index is -0.335. The normalized spacial score (nSPS) is 23.6. The largest absolute Gasteiger partial charge is 0.345 e. The number of aliphatic hydroxyl groups excluding tert-OH is 1. The number of nitrogens with zero attached hydrogens (tertiary/aromatic N) is 1. The van der Waals surface area contributed by atoms with Gasteiger partial charge in [0.2, 0.25) is 0 Å². The van der Waals surface area contributed by atoms with Crippen molar-refractivity contribution < 1.29 is 9.59 Å². The molecule has 0 fully saturated rings. The predicted molar refractivity (Wildman–Crippen MR) is 113 cm³/mol. The van der Waals surface area contributed by atoms with Gasteiger partial charge in [0.05, 0.1) is 12.7 Å². The van der Waals surface area contributed by atoms with E-state index in [1.165, 1.54) is 77.0 Å². The number of rotatable bonds is 16. The third-order valence-electron chi connectivity index (χ3n) is 5.93. The number of allylic oxidation sites excluding steroid dienone is 2. The van der Waals surface area contributed by atoms with Crippen LogP contribution in [0.2, 0.25) is 0 Å². The zero-order valence-corrected chi connectivity index (χ0v) is 17.8. The Balaban J connectivity index is 1.94. The third-order valence-corrected chi connectivity index (χ3v) is 5.93. The van der Waals surface area contributed by atoms with Crippen LogP contribution in [0.3, 0.4) is 0 Å². The first kappa shape index (κ1) is 23.2. The highest BCUT2D eigenvalue weighted by Gasteiger charge is 2.40. The van der Waals surface area contributed by atoms with Gasteiger partial charge in [-0.15, -0.1) is 0 Å². The molecular formula is C23H45N2O+. The minimum absolute atomic E-state index is 0.335. The van der Waals surface area contributed by atoms with Crippen molar-refractivity contribution in [2.75, 3.05) is 6.54 Å². The fraction of sp³-hybridized carbons (Fsp3) is 0.826. The van der Waals surface area contributed by atoms with E-state index in [4.69, 9.17) is 0 Å². The van der Waals surface area contributed by atoms with Gasteiger partial charge in [0.1, 0.15) is 6.20 Å². The Morgan fingerprint density at radius 2 is 1.50 bits per heavy atom. The molecule has 0 aromatic carbocycles. The van der Waals surface area contributed by atoms with Gasteiger partial charge >= 0.3 is 0 Å². The maximum Gasteiger partial charge on any atom is 0.193 e. The minimum Gasteiger partial charge on any atom is -0.345 e. The first-order valence-corrected chi connectivity index (χ1v) is 11.3. The van der Waals surface area contributed by atoms with Crippen LogP contribution in [0, 0.1) is 0 Å². The number of nitrogens with one attached hydrogen (secondary N) is 1. The van der Waals surface area contributed by atoms with Gasteiger partial charge < -0.3 is 10.4 Å². The lowest BCUT2D eigenvalue weighted by molar-refractivity contribution is -0.942. The number of hydrogen-bond acceptors (Lipinski definition) is 2. The lowest BCUT2D eigenvalue weighted by atomic mass is 10.0.